The lowest BCUT2D eigenvalue weighted by Gasteiger charge is -2.34. The van der Waals surface area contributed by atoms with Crippen LogP contribution in [0.15, 0.2) is 18.2 Å². The van der Waals surface area contributed by atoms with Crippen LogP contribution in [0.25, 0.3) is 0 Å². The zero-order valence-corrected chi connectivity index (χ0v) is 19.5. The third-order valence-electron chi connectivity index (χ3n) is 6.00. The van der Waals surface area contributed by atoms with Crippen LogP contribution in [0.3, 0.4) is 0 Å². The molecule has 1 saturated heterocycles. The molecule has 0 saturated carbocycles. The van der Waals surface area contributed by atoms with Crippen molar-refractivity contribution in [1.82, 2.24) is 10.2 Å². The average Bonchev–Trinajstić information content (AvgIpc) is 2.71. The number of carbonyl (C=O) groups excluding carboxylic acids is 1. The molecule has 6 heteroatoms. The lowest BCUT2D eigenvalue weighted by atomic mass is 9.99. The number of nitrogens with one attached hydrogen (secondary N) is 3. The zero-order valence-electron chi connectivity index (χ0n) is 18.6. The summed E-state index contributed by atoms with van der Waals surface area (Å²) in [5, 5.41) is 7.46. The molecule has 0 aromatic heterocycles. The number of amides is 1. The van der Waals surface area contributed by atoms with Crippen molar-refractivity contribution in [3.8, 4) is 0 Å². The Morgan fingerprint density at radius 2 is 1.86 bits per heavy atom. The fourth-order valence-corrected chi connectivity index (χ4v) is 4.18. The molecule has 1 fully saturated rings. The molecule has 1 aliphatic heterocycles. The Balaban J connectivity index is 1.73. The normalized spacial score (nSPS) is 15.8. The highest BCUT2D eigenvalue weighted by Gasteiger charge is 2.24. The minimum Gasteiger partial charge on any atom is -0.362 e. The highest BCUT2D eigenvalue weighted by atomic mass is 32.1. The van der Waals surface area contributed by atoms with Gasteiger partial charge in [-0.3, -0.25) is 4.79 Å². The van der Waals surface area contributed by atoms with Crippen LogP contribution < -0.4 is 15.5 Å². The maximum absolute atomic E-state index is 12.5. The minimum absolute atomic E-state index is 0.0910. The van der Waals surface area contributed by atoms with E-state index in [0.29, 0.717) is 12.5 Å². The highest BCUT2D eigenvalue weighted by molar-refractivity contribution is 7.80. The van der Waals surface area contributed by atoms with Crippen molar-refractivity contribution in [2.45, 2.75) is 53.4 Å². The van der Waals surface area contributed by atoms with Gasteiger partial charge < -0.3 is 20.4 Å². The second-order valence-electron chi connectivity index (χ2n) is 8.33. The van der Waals surface area contributed by atoms with Crippen molar-refractivity contribution in [3.05, 3.63) is 29.3 Å². The number of aryl methyl sites for hydroxylation is 2. The molecule has 0 spiro atoms. The van der Waals surface area contributed by atoms with Crippen LogP contribution in [0.2, 0.25) is 0 Å². The molecule has 0 radical (unpaired) electrons. The van der Waals surface area contributed by atoms with Crippen LogP contribution in [0.5, 0.6) is 0 Å². The van der Waals surface area contributed by atoms with Gasteiger partial charge in [-0.25, -0.2) is 0 Å². The van der Waals surface area contributed by atoms with Crippen LogP contribution in [-0.2, 0) is 4.79 Å². The number of nitrogens with zero attached hydrogens (tertiary/aromatic N) is 1. The van der Waals surface area contributed by atoms with E-state index < -0.39 is 0 Å². The van der Waals surface area contributed by atoms with E-state index in [0.717, 1.165) is 54.7 Å². The molecule has 0 aliphatic carbocycles. The number of quaternary nitrogens is 1. The summed E-state index contributed by atoms with van der Waals surface area (Å²) in [4.78, 5) is 16.1. The summed E-state index contributed by atoms with van der Waals surface area (Å²) in [5.74, 6) is 0.793. The number of thiocarbonyl (C=S) groups is 1. The number of anilines is 1. The van der Waals surface area contributed by atoms with Crippen molar-refractivity contribution in [2.75, 3.05) is 44.6 Å². The molecule has 2 rings (SSSR count). The molecule has 1 amide bonds. The van der Waals surface area contributed by atoms with Crippen molar-refractivity contribution in [3.63, 3.8) is 0 Å². The first-order valence-electron chi connectivity index (χ1n) is 11.2. The van der Waals surface area contributed by atoms with Gasteiger partial charge in [0.25, 0.3) is 5.91 Å². The van der Waals surface area contributed by atoms with E-state index in [2.05, 4.69) is 29.4 Å². The Hall–Kier alpha value is -1.66. The molecule has 1 atom stereocenters. The van der Waals surface area contributed by atoms with Crippen LogP contribution in [-0.4, -0.2) is 55.2 Å². The monoisotopic (exact) mass is 419 g/mol. The van der Waals surface area contributed by atoms with Crippen molar-refractivity contribution < 1.29 is 9.69 Å². The smallest absolute Gasteiger partial charge is 0.279 e. The van der Waals surface area contributed by atoms with Gasteiger partial charge in [-0.1, -0.05) is 51.3 Å². The number of hydrogen-bond acceptors (Lipinski definition) is 2. The van der Waals surface area contributed by atoms with Gasteiger partial charge in [-0.05, 0) is 49.5 Å². The van der Waals surface area contributed by atoms with Gasteiger partial charge in [0.15, 0.2) is 11.7 Å². The van der Waals surface area contributed by atoms with Gasteiger partial charge in [-0.15, -0.1) is 0 Å². The number of para-hydroxylation sites is 1. The van der Waals surface area contributed by atoms with Crippen molar-refractivity contribution >= 4 is 28.9 Å². The molecule has 0 bridgehead atoms. The Morgan fingerprint density at radius 1 is 1.21 bits per heavy atom. The SMILES string of the molecule is CCCC[C@H](CC)CNC(=S)N1CC[NH+](CC(=O)Nc2c(C)cccc2C)CC1. The molecule has 29 heavy (non-hydrogen) atoms. The maximum atomic E-state index is 12.5. The Morgan fingerprint density at radius 3 is 2.45 bits per heavy atom. The molecule has 5 nitrogen and oxygen atoms in total. The first kappa shape index (κ1) is 23.6. The number of hydrogen-bond donors (Lipinski definition) is 3. The largest absolute Gasteiger partial charge is 0.362 e. The molecule has 1 aromatic carbocycles. The van der Waals surface area contributed by atoms with Gasteiger partial charge in [0.1, 0.15) is 0 Å². The second-order valence-corrected chi connectivity index (χ2v) is 8.72. The van der Waals surface area contributed by atoms with E-state index in [-0.39, 0.29) is 5.91 Å². The van der Waals surface area contributed by atoms with Crippen LogP contribution in [0.1, 0.15) is 50.7 Å². The first-order chi connectivity index (χ1) is 13.9. The number of piperazine rings is 1. The predicted molar refractivity (Wildman–Crippen MR) is 126 cm³/mol. The van der Waals surface area contributed by atoms with Crippen LogP contribution >= 0.6 is 12.2 Å². The number of benzene rings is 1. The Bertz CT molecular complexity index is 651. The van der Waals surface area contributed by atoms with Crippen molar-refractivity contribution in [2.24, 2.45) is 5.92 Å². The summed E-state index contributed by atoms with van der Waals surface area (Å²) in [7, 11) is 0. The fourth-order valence-electron chi connectivity index (χ4n) is 3.91. The van der Waals surface area contributed by atoms with Gasteiger partial charge >= 0.3 is 0 Å². The van der Waals surface area contributed by atoms with E-state index in [1.807, 2.05) is 32.0 Å². The summed E-state index contributed by atoms with van der Waals surface area (Å²) < 4.78 is 0. The third kappa shape index (κ3) is 7.59. The van der Waals surface area contributed by atoms with E-state index in [9.17, 15) is 4.79 Å². The summed E-state index contributed by atoms with van der Waals surface area (Å²) in [6.07, 6.45) is 5.01. The zero-order chi connectivity index (χ0) is 21.2. The standard InChI is InChI=1S/C23H38N4OS/c1-5-7-11-20(6-2)16-24-23(29)27-14-12-26(13-15-27)17-21(28)25-22-18(3)9-8-10-19(22)4/h8-10,20H,5-7,11-17H2,1-4H3,(H,24,29)(H,25,28)/p+1/t20-/m0/s1. The van der Waals surface area contributed by atoms with E-state index >= 15 is 0 Å². The van der Waals surface area contributed by atoms with E-state index in [1.54, 1.807) is 0 Å². The minimum atomic E-state index is 0.0910. The average molecular weight is 420 g/mol. The topological polar surface area (TPSA) is 48.8 Å². The molecule has 3 N–H and O–H groups in total. The Labute approximate surface area is 182 Å². The van der Waals surface area contributed by atoms with Gasteiger partial charge in [-0.2, -0.15) is 0 Å². The summed E-state index contributed by atoms with van der Waals surface area (Å²) in [6.45, 7) is 13.8. The lowest BCUT2D eigenvalue weighted by Crippen LogP contribution is -3.15. The lowest BCUT2D eigenvalue weighted by molar-refractivity contribution is -0.895. The molecule has 1 heterocycles. The molecule has 162 valence electrons. The number of unbranched alkanes of at least 4 members (excludes halogenated alkanes) is 1. The maximum Gasteiger partial charge on any atom is 0.279 e. The first-order valence-corrected chi connectivity index (χ1v) is 11.6. The number of rotatable bonds is 9. The van der Waals surface area contributed by atoms with E-state index in [1.165, 1.54) is 30.6 Å². The van der Waals surface area contributed by atoms with Gasteiger partial charge in [0.2, 0.25) is 0 Å². The Kier molecular flexibility index (Phi) is 9.88. The molecule has 0 unspecified atom stereocenters. The summed E-state index contributed by atoms with van der Waals surface area (Å²) >= 11 is 5.62. The van der Waals surface area contributed by atoms with Gasteiger partial charge in [0, 0.05) is 12.2 Å². The van der Waals surface area contributed by atoms with Crippen LogP contribution in [0, 0.1) is 19.8 Å². The molecular formula is C23H39N4OS+. The molecule has 1 aliphatic rings. The van der Waals surface area contributed by atoms with E-state index in [4.69, 9.17) is 12.2 Å². The summed E-state index contributed by atoms with van der Waals surface area (Å²) in [5.41, 5.74) is 3.17. The molecular weight excluding hydrogens is 380 g/mol. The molecule has 1 aromatic rings. The fraction of sp³-hybridized carbons (Fsp3) is 0.652. The second kappa shape index (κ2) is 12.1. The van der Waals surface area contributed by atoms with Crippen molar-refractivity contribution in [1.29, 1.82) is 0 Å². The number of carbonyl (C=O) groups is 1. The third-order valence-corrected chi connectivity index (χ3v) is 6.40. The van der Waals surface area contributed by atoms with Crippen LogP contribution in [0.4, 0.5) is 5.69 Å². The summed E-state index contributed by atoms with van der Waals surface area (Å²) in [6, 6.07) is 6.09. The highest BCUT2D eigenvalue weighted by Crippen LogP contribution is 2.18. The predicted octanol–water partition coefficient (Wildman–Crippen LogP) is 2.53. The van der Waals surface area contributed by atoms with Gasteiger partial charge in [0.05, 0.1) is 26.2 Å². The quantitative estimate of drug-likeness (QED) is 0.539.